The second-order valence-corrected chi connectivity index (χ2v) is 3.58. The van der Waals surface area contributed by atoms with Gasteiger partial charge in [-0.3, -0.25) is 4.79 Å². The van der Waals surface area contributed by atoms with Gasteiger partial charge >= 0.3 is 5.97 Å². The summed E-state index contributed by atoms with van der Waals surface area (Å²) in [6.45, 7) is 4.65. The summed E-state index contributed by atoms with van der Waals surface area (Å²) in [7, 11) is 0. The lowest BCUT2D eigenvalue weighted by molar-refractivity contribution is -0.143. The number of hydrogen-bond donors (Lipinski definition) is 1. The van der Waals surface area contributed by atoms with Crippen molar-refractivity contribution in [3.8, 4) is 0 Å². The van der Waals surface area contributed by atoms with Crippen molar-refractivity contribution in [2.24, 2.45) is 5.92 Å². The molecule has 1 aliphatic heterocycles. The van der Waals surface area contributed by atoms with E-state index < -0.39 is 0 Å². The van der Waals surface area contributed by atoms with Gasteiger partial charge in [0.2, 0.25) is 0 Å². The third-order valence-corrected chi connectivity index (χ3v) is 2.48. The minimum Gasteiger partial charge on any atom is -0.466 e. The van der Waals surface area contributed by atoms with E-state index in [4.69, 9.17) is 4.74 Å². The summed E-state index contributed by atoms with van der Waals surface area (Å²) in [6.07, 6.45) is 4.03. The molecule has 3 heteroatoms. The Kier molecular flexibility index (Phi) is 4.83. The molecule has 1 aliphatic rings. The first-order valence-corrected chi connectivity index (χ1v) is 5.19. The standard InChI is InChI=1S/C10H19NO2/c1-2-10(12)13-7-5-9-4-3-6-11-8-9/h9,11H,2-8H2,1H3/t9-/m0/s1. The molecule has 13 heavy (non-hydrogen) atoms. The molecule has 76 valence electrons. The fraction of sp³-hybridized carbons (Fsp3) is 0.900. The van der Waals surface area contributed by atoms with Crippen molar-refractivity contribution in [2.45, 2.75) is 32.6 Å². The van der Waals surface area contributed by atoms with Crippen LogP contribution in [0, 0.1) is 5.92 Å². The summed E-state index contributed by atoms with van der Waals surface area (Å²) in [4.78, 5) is 10.8. The number of esters is 1. The molecule has 1 fully saturated rings. The molecule has 1 N–H and O–H groups in total. The van der Waals surface area contributed by atoms with Crippen LogP contribution in [0.4, 0.5) is 0 Å². The molecule has 1 heterocycles. The zero-order valence-corrected chi connectivity index (χ0v) is 8.34. The van der Waals surface area contributed by atoms with Gasteiger partial charge in [-0.15, -0.1) is 0 Å². The first kappa shape index (κ1) is 10.5. The van der Waals surface area contributed by atoms with Crippen molar-refractivity contribution in [3.63, 3.8) is 0 Å². The highest BCUT2D eigenvalue weighted by molar-refractivity contribution is 5.68. The predicted molar refractivity (Wildman–Crippen MR) is 51.5 cm³/mol. The highest BCUT2D eigenvalue weighted by Gasteiger charge is 2.12. The molecular formula is C10H19NO2. The topological polar surface area (TPSA) is 38.3 Å². The number of nitrogens with one attached hydrogen (secondary N) is 1. The minimum atomic E-state index is -0.0798. The number of hydrogen-bond acceptors (Lipinski definition) is 3. The molecule has 1 saturated heterocycles. The number of rotatable bonds is 4. The first-order chi connectivity index (χ1) is 6.33. The Balaban J connectivity index is 2.01. The molecule has 0 radical (unpaired) electrons. The number of ether oxygens (including phenoxy) is 1. The van der Waals surface area contributed by atoms with E-state index in [9.17, 15) is 4.79 Å². The summed E-state index contributed by atoms with van der Waals surface area (Å²) < 4.78 is 5.03. The summed E-state index contributed by atoms with van der Waals surface area (Å²) in [5, 5.41) is 3.35. The van der Waals surface area contributed by atoms with Crippen molar-refractivity contribution in [2.75, 3.05) is 19.7 Å². The maximum atomic E-state index is 10.8. The smallest absolute Gasteiger partial charge is 0.305 e. The zero-order chi connectivity index (χ0) is 9.52. The monoisotopic (exact) mass is 185 g/mol. The normalized spacial score (nSPS) is 22.7. The number of carbonyl (C=O) groups excluding carboxylic acids is 1. The quantitative estimate of drug-likeness (QED) is 0.671. The van der Waals surface area contributed by atoms with E-state index >= 15 is 0 Å². The molecule has 0 bridgehead atoms. The lowest BCUT2D eigenvalue weighted by atomic mass is 9.97. The molecule has 0 aromatic rings. The molecule has 0 spiro atoms. The van der Waals surface area contributed by atoms with Crippen LogP contribution < -0.4 is 5.32 Å². The van der Waals surface area contributed by atoms with Crippen molar-refractivity contribution >= 4 is 5.97 Å². The lowest BCUT2D eigenvalue weighted by Crippen LogP contribution is -2.30. The molecule has 0 unspecified atom stereocenters. The molecular weight excluding hydrogens is 166 g/mol. The maximum Gasteiger partial charge on any atom is 0.305 e. The van der Waals surface area contributed by atoms with Gasteiger partial charge < -0.3 is 10.1 Å². The van der Waals surface area contributed by atoms with Crippen LogP contribution in [0.1, 0.15) is 32.6 Å². The average Bonchev–Trinajstić information content (AvgIpc) is 2.19. The Morgan fingerprint density at radius 1 is 1.62 bits per heavy atom. The van der Waals surface area contributed by atoms with Gasteiger partial charge in [0.15, 0.2) is 0 Å². The molecule has 1 atom stereocenters. The van der Waals surface area contributed by atoms with E-state index in [0.717, 1.165) is 19.5 Å². The third kappa shape index (κ3) is 4.27. The third-order valence-electron chi connectivity index (χ3n) is 2.48. The molecule has 0 aromatic carbocycles. The number of piperidine rings is 1. The molecule has 1 rings (SSSR count). The van der Waals surface area contributed by atoms with E-state index in [2.05, 4.69) is 5.32 Å². The summed E-state index contributed by atoms with van der Waals surface area (Å²) in [6, 6.07) is 0. The van der Waals surface area contributed by atoms with E-state index in [1.165, 1.54) is 12.8 Å². The SMILES string of the molecule is CCC(=O)OCC[C@@H]1CCCNC1. The molecule has 3 nitrogen and oxygen atoms in total. The Labute approximate surface area is 79.8 Å². The lowest BCUT2D eigenvalue weighted by Gasteiger charge is -2.22. The largest absolute Gasteiger partial charge is 0.466 e. The summed E-state index contributed by atoms with van der Waals surface area (Å²) in [5.74, 6) is 0.627. The Hall–Kier alpha value is -0.570. The van der Waals surface area contributed by atoms with E-state index in [-0.39, 0.29) is 5.97 Å². The molecule has 0 amide bonds. The van der Waals surface area contributed by atoms with Gasteiger partial charge in [0, 0.05) is 6.42 Å². The van der Waals surface area contributed by atoms with Crippen LogP contribution in [-0.2, 0) is 9.53 Å². The van der Waals surface area contributed by atoms with Gasteiger partial charge in [0.25, 0.3) is 0 Å². The van der Waals surface area contributed by atoms with Crippen LogP contribution in [-0.4, -0.2) is 25.7 Å². The van der Waals surface area contributed by atoms with Crippen LogP contribution in [0.3, 0.4) is 0 Å². The van der Waals surface area contributed by atoms with Gasteiger partial charge in [-0.25, -0.2) is 0 Å². The van der Waals surface area contributed by atoms with Crippen molar-refractivity contribution < 1.29 is 9.53 Å². The van der Waals surface area contributed by atoms with E-state index in [0.29, 0.717) is 18.9 Å². The van der Waals surface area contributed by atoms with E-state index in [1.807, 2.05) is 6.92 Å². The Bertz CT molecular complexity index is 153. The van der Waals surface area contributed by atoms with Crippen molar-refractivity contribution in [1.29, 1.82) is 0 Å². The van der Waals surface area contributed by atoms with Gasteiger partial charge in [0.05, 0.1) is 6.61 Å². The fourth-order valence-electron chi connectivity index (χ4n) is 1.61. The van der Waals surface area contributed by atoms with Crippen LogP contribution in [0.25, 0.3) is 0 Å². The highest BCUT2D eigenvalue weighted by atomic mass is 16.5. The maximum absolute atomic E-state index is 10.8. The molecule has 0 aliphatic carbocycles. The predicted octanol–water partition coefficient (Wildman–Crippen LogP) is 1.33. The van der Waals surface area contributed by atoms with Crippen LogP contribution >= 0.6 is 0 Å². The minimum absolute atomic E-state index is 0.0798. The Morgan fingerprint density at radius 3 is 3.08 bits per heavy atom. The average molecular weight is 185 g/mol. The Morgan fingerprint density at radius 2 is 2.46 bits per heavy atom. The second kappa shape index (κ2) is 5.97. The van der Waals surface area contributed by atoms with Crippen LogP contribution in [0.2, 0.25) is 0 Å². The fourth-order valence-corrected chi connectivity index (χ4v) is 1.61. The second-order valence-electron chi connectivity index (χ2n) is 3.58. The van der Waals surface area contributed by atoms with Gasteiger partial charge in [-0.2, -0.15) is 0 Å². The van der Waals surface area contributed by atoms with E-state index in [1.54, 1.807) is 0 Å². The molecule has 0 saturated carbocycles. The summed E-state index contributed by atoms with van der Waals surface area (Å²) >= 11 is 0. The van der Waals surface area contributed by atoms with Gasteiger partial charge in [-0.05, 0) is 38.3 Å². The van der Waals surface area contributed by atoms with Crippen molar-refractivity contribution in [1.82, 2.24) is 5.32 Å². The highest BCUT2D eigenvalue weighted by Crippen LogP contribution is 2.13. The van der Waals surface area contributed by atoms with Crippen LogP contribution in [0.15, 0.2) is 0 Å². The van der Waals surface area contributed by atoms with Gasteiger partial charge in [-0.1, -0.05) is 6.92 Å². The zero-order valence-electron chi connectivity index (χ0n) is 8.34. The summed E-state index contributed by atoms with van der Waals surface area (Å²) in [5.41, 5.74) is 0. The molecule has 0 aromatic heterocycles. The first-order valence-electron chi connectivity index (χ1n) is 5.19. The van der Waals surface area contributed by atoms with Crippen LogP contribution in [0.5, 0.6) is 0 Å². The van der Waals surface area contributed by atoms with Crippen molar-refractivity contribution in [3.05, 3.63) is 0 Å². The van der Waals surface area contributed by atoms with Gasteiger partial charge in [0.1, 0.15) is 0 Å². The number of carbonyl (C=O) groups is 1.